The van der Waals surface area contributed by atoms with Gasteiger partial charge in [-0.3, -0.25) is 14.5 Å². The number of carbonyl (C=O) groups is 2. The Labute approximate surface area is 164 Å². The van der Waals surface area contributed by atoms with Crippen molar-refractivity contribution in [3.8, 4) is 0 Å². The highest BCUT2D eigenvalue weighted by Gasteiger charge is 2.25. The van der Waals surface area contributed by atoms with Gasteiger partial charge in [0, 0.05) is 44.3 Å². The number of rotatable bonds is 5. The molecule has 0 unspecified atom stereocenters. The summed E-state index contributed by atoms with van der Waals surface area (Å²) in [6, 6.07) is 17.8. The van der Waals surface area contributed by atoms with Crippen molar-refractivity contribution in [3.63, 3.8) is 0 Å². The van der Waals surface area contributed by atoms with Gasteiger partial charge in [-0.1, -0.05) is 54.1 Å². The molecule has 0 spiro atoms. The van der Waals surface area contributed by atoms with Gasteiger partial charge < -0.3 is 10.2 Å². The monoisotopic (exact) mass is 385 g/mol. The van der Waals surface area contributed by atoms with Crippen molar-refractivity contribution in [2.24, 2.45) is 0 Å². The highest BCUT2D eigenvalue weighted by atomic mass is 35.5. The van der Waals surface area contributed by atoms with Crippen LogP contribution >= 0.6 is 11.6 Å². The lowest BCUT2D eigenvalue weighted by molar-refractivity contribution is -0.147. The Morgan fingerprint density at radius 3 is 2.33 bits per heavy atom. The van der Waals surface area contributed by atoms with Gasteiger partial charge in [0.25, 0.3) is 0 Å². The number of nitrogens with one attached hydrogen (secondary N) is 1. The molecule has 0 radical (unpaired) electrons. The predicted octanol–water partition coefficient (Wildman–Crippen LogP) is 2.34. The summed E-state index contributed by atoms with van der Waals surface area (Å²) in [6.07, 6.45) is 0.643. The number of nitrogens with zero attached hydrogens (tertiary/aromatic N) is 2. The van der Waals surface area contributed by atoms with Crippen LogP contribution in [-0.4, -0.2) is 54.3 Å². The lowest BCUT2D eigenvalue weighted by atomic mass is 10.1. The minimum absolute atomic E-state index is 0.416. The van der Waals surface area contributed by atoms with E-state index in [1.165, 1.54) is 5.56 Å². The summed E-state index contributed by atoms with van der Waals surface area (Å²) >= 11 is 5.95. The third-order valence-electron chi connectivity index (χ3n) is 4.69. The Morgan fingerprint density at radius 1 is 0.926 bits per heavy atom. The third-order valence-corrected chi connectivity index (χ3v) is 4.93. The number of benzene rings is 2. The molecule has 27 heavy (non-hydrogen) atoms. The molecule has 0 saturated carbocycles. The summed E-state index contributed by atoms with van der Waals surface area (Å²) in [4.78, 5) is 28.4. The van der Waals surface area contributed by atoms with Gasteiger partial charge in [-0.15, -0.1) is 0 Å². The van der Waals surface area contributed by atoms with Crippen LogP contribution in [0.2, 0.25) is 5.02 Å². The molecule has 0 bridgehead atoms. The minimum atomic E-state index is -0.534. The summed E-state index contributed by atoms with van der Waals surface area (Å²) in [7, 11) is 0. The molecule has 1 saturated heterocycles. The van der Waals surface area contributed by atoms with Gasteiger partial charge in [-0.2, -0.15) is 0 Å². The first kappa shape index (κ1) is 19.4. The molecule has 0 aliphatic carbocycles. The summed E-state index contributed by atoms with van der Waals surface area (Å²) in [6.45, 7) is 3.99. The van der Waals surface area contributed by atoms with Crippen molar-refractivity contribution in [1.82, 2.24) is 15.1 Å². The quantitative estimate of drug-likeness (QED) is 0.804. The van der Waals surface area contributed by atoms with E-state index in [1.807, 2.05) is 42.5 Å². The summed E-state index contributed by atoms with van der Waals surface area (Å²) < 4.78 is 0. The Hall–Kier alpha value is -2.37. The van der Waals surface area contributed by atoms with Crippen LogP contribution in [0.15, 0.2) is 54.6 Å². The molecule has 0 atom stereocenters. The van der Waals surface area contributed by atoms with Crippen LogP contribution in [0.25, 0.3) is 0 Å². The average Bonchev–Trinajstić information content (AvgIpc) is 2.69. The van der Waals surface area contributed by atoms with E-state index in [4.69, 9.17) is 11.6 Å². The second-order valence-electron chi connectivity index (χ2n) is 6.69. The van der Waals surface area contributed by atoms with Crippen molar-refractivity contribution >= 4 is 23.4 Å². The highest BCUT2D eigenvalue weighted by molar-refractivity contribution is 6.35. The fraction of sp³-hybridized carbons (Fsp3) is 0.333. The standard InChI is InChI=1S/C21H24ClN3O2/c22-19-8-4-7-17(15-19)9-10-23-20(26)21(27)25-13-11-24(12-14-25)16-18-5-2-1-3-6-18/h1-8,15H,9-14,16H2,(H,23,26). The molecule has 1 N–H and O–H groups in total. The van der Waals surface area contributed by atoms with Gasteiger partial charge in [-0.25, -0.2) is 0 Å². The van der Waals surface area contributed by atoms with Crippen molar-refractivity contribution < 1.29 is 9.59 Å². The molecule has 142 valence electrons. The maximum Gasteiger partial charge on any atom is 0.311 e. The SMILES string of the molecule is O=C(NCCc1cccc(Cl)c1)C(=O)N1CCN(Cc2ccccc2)CC1. The molecular formula is C21H24ClN3O2. The van der Waals surface area contributed by atoms with Crippen molar-refractivity contribution in [1.29, 1.82) is 0 Å². The van der Waals surface area contributed by atoms with Crippen LogP contribution in [-0.2, 0) is 22.6 Å². The molecule has 1 fully saturated rings. The Bertz CT molecular complexity index is 774. The van der Waals surface area contributed by atoms with Gasteiger partial charge in [-0.05, 0) is 29.7 Å². The molecule has 1 aliphatic heterocycles. The van der Waals surface area contributed by atoms with Crippen LogP contribution in [0.5, 0.6) is 0 Å². The van der Waals surface area contributed by atoms with Gasteiger partial charge in [0.2, 0.25) is 0 Å². The molecule has 5 nitrogen and oxygen atoms in total. The fourth-order valence-electron chi connectivity index (χ4n) is 3.18. The van der Waals surface area contributed by atoms with E-state index >= 15 is 0 Å². The summed E-state index contributed by atoms with van der Waals surface area (Å²) in [5.74, 6) is -0.978. The number of hydrogen-bond acceptors (Lipinski definition) is 3. The van der Waals surface area contributed by atoms with Crippen LogP contribution in [0.1, 0.15) is 11.1 Å². The van der Waals surface area contributed by atoms with E-state index in [2.05, 4.69) is 22.3 Å². The molecule has 0 aromatic heterocycles. The first-order chi connectivity index (χ1) is 13.1. The van der Waals surface area contributed by atoms with Gasteiger partial charge >= 0.3 is 11.8 Å². The highest BCUT2D eigenvalue weighted by Crippen LogP contribution is 2.11. The molecule has 2 aromatic rings. The van der Waals surface area contributed by atoms with Crippen molar-refractivity contribution in [2.75, 3.05) is 32.7 Å². The summed E-state index contributed by atoms with van der Waals surface area (Å²) in [5, 5.41) is 3.38. The van der Waals surface area contributed by atoms with Gasteiger partial charge in [0.1, 0.15) is 0 Å². The fourth-order valence-corrected chi connectivity index (χ4v) is 3.40. The zero-order valence-electron chi connectivity index (χ0n) is 15.2. The Morgan fingerprint density at radius 2 is 1.63 bits per heavy atom. The number of halogens is 1. The van der Waals surface area contributed by atoms with Gasteiger partial charge in [0.15, 0.2) is 0 Å². The molecule has 1 heterocycles. The second kappa shape index (κ2) is 9.53. The molecule has 6 heteroatoms. The molecule has 1 aliphatic rings. The maximum absolute atomic E-state index is 12.3. The molecule has 3 rings (SSSR count). The largest absolute Gasteiger partial charge is 0.347 e. The van der Waals surface area contributed by atoms with Crippen LogP contribution in [0.4, 0.5) is 0 Å². The Kier molecular flexibility index (Phi) is 6.85. The third kappa shape index (κ3) is 5.81. The van der Waals surface area contributed by atoms with E-state index in [9.17, 15) is 9.59 Å². The smallest absolute Gasteiger partial charge is 0.311 e. The molecule has 2 amide bonds. The first-order valence-corrected chi connectivity index (χ1v) is 9.57. The average molecular weight is 386 g/mol. The van der Waals surface area contributed by atoms with E-state index in [0.717, 1.165) is 25.2 Å². The molecular weight excluding hydrogens is 362 g/mol. The van der Waals surface area contributed by atoms with Gasteiger partial charge in [0.05, 0.1) is 0 Å². The molecule has 2 aromatic carbocycles. The number of amides is 2. The predicted molar refractivity (Wildman–Crippen MR) is 106 cm³/mol. The summed E-state index contributed by atoms with van der Waals surface area (Å²) in [5.41, 5.74) is 2.29. The van der Waals surface area contributed by atoms with E-state index in [-0.39, 0.29) is 0 Å². The normalized spacial score (nSPS) is 14.8. The minimum Gasteiger partial charge on any atom is -0.347 e. The number of carbonyl (C=O) groups excluding carboxylic acids is 2. The van der Waals surface area contributed by atoms with Crippen molar-refractivity contribution in [3.05, 3.63) is 70.7 Å². The van der Waals surface area contributed by atoms with Crippen LogP contribution in [0, 0.1) is 0 Å². The zero-order chi connectivity index (χ0) is 19.1. The lowest BCUT2D eigenvalue weighted by Gasteiger charge is -2.34. The van der Waals surface area contributed by atoms with E-state index in [1.54, 1.807) is 4.90 Å². The van der Waals surface area contributed by atoms with Crippen LogP contribution < -0.4 is 5.32 Å². The Balaban J connectivity index is 1.40. The number of hydrogen-bond donors (Lipinski definition) is 1. The zero-order valence-corrected chi connectivity index (χ0v) is 16.0. The van der Waals surface area contributed by atoms with E-state index < -0.39 is 11.8 Å². The topological polar surface area (TPSA) is 52.7 Å². The maximum atomic E-state index is 12.3. The van der Waals surface area contributed by atoms with Crippen molar-refractivity contribution in [2.45, 2.75) is 13.0 Å². The first-order valence-electron chi connectivity index (χ1n) is 9.19. The second-order valence-corrected chi connectivity index (χ2v) is 7.13. The van der Waals surface area contributed by atoms with E-state index in [0.29, 0.717) is 31.1 Å². The number of piperazine rings is 1. The van der Waals surface area contributed by atoms with Crippen LogP contribution in [0.3, 0.4) is 0 Å². The lowest BCUT2D eigenvalue weighted by Crippen LogP contribution is -2.52.